The van der Waals surface area contributed by atoms with Gasteiger partial charge in [0.2, 0.25) is 5.91 Å². The first kappa shape index (κ1) is 22.7. The van der Waals surface area contributed by atoms with Crippen LogP contribution in [0.25, 0.3) is 0 Å². The average molecular weight is 433 g/mol. The number of aromatic nitrogens is 1. The number of carbonyl (C=O) groups is 2. The minimum absolute atomic E-state index is 0.0393. The number of anilines is 1. The highest BCUT2D eigenvalue weighted by atomic mass is 35.5. The molecule has 2 unspecified atom stereocenters. The maximum Gasteiger partial charge on any atom is 0.525 e. The van der Waals surface area contributed by atoms with Crippen molar-refractivity contribution in [3.8, 4) is 0 Å². The van der Waals surface area contributed by atoms with Gasteiger partial charge in [0.25, 0.3) is 0 Å². The highest BCUT2D eigenvalue weighted by Gasteiger charge is 2.39. The number of hydroxylamine groups is 2. The Hall–Kier alpha value is -1.61. The largest absolute Gasteiger partial charge is 0.525 e. The van der Waals surface area contributed by atoms with Crippen molar-refractivity contribution in [3.63, 3.8) is 0 Å². The molecule has 0 saturated carbocycles. The maximum absolute atomic E-state index is 12.5. The SMILES string of the molecule is C[C@@H](NC1CCN(OC(=O)O)C(C(C)(C)C)C1)C(=O)Nc1ccc(Cl)nc1Cl. The van der Waals surface area contributed by atoms with Gasteiger partial charge in [0.05, 0.1) is 17.8 Å². The Bertz CT molecular complexity index is 726. The molecule has 1 aromatic heterocycles. The van der Waals surface area contributed by atoms with E-state index in [0.717, 1.165) is 0 Å². The van der Waals surface area contributed by atoms with Gasteiger partial charge < -0.3 is 20.6 Å². The molecule has 0 aliphatic carbocycles. The molecule has 2 heterocycles. The van der Waals surface area contributed by atoms with Crippen molar-refractivity contribution in [1.82, 2.24) is 15.4 Å². The topological polar surface area (TPSA) is 104 Å². The first-order valence-electron chi connectivity index (χ1n) is 9.04. The molecule has 1 aliphatic heterocycles. The maximum atomic E-state index is 12.5. The zero-order chi connectivity index (χ0) is 21.1. The molecule has 3 N–H and O–H groups in total. The summed E-state index contributed by atoms with van der Waals surface area (Å²) >= 11 is 11.8. The minimum atomic E-state index is -1.32. The predicted octanol–water partition coefficient (Wildman–Crippen LogP) is 3.79. The molecule has 8 nitrogen and oxygen atoms in total. The summed E-state index contributed by atoms with van der Waals surface area (Å²) < 4.78 is 0. The second-order valence-corrected chi connectivity index (χ2v) is 8.70. The molecule has 1 aromatic rings. The fourth-order valence-electron chi connectivity index (χ4n) is 3.27. The number of carbonyl (C=O) groups excluding carboxylic acids is 1. The number of amides is 1. The number of halogens is 2. The quantitative estimate of drug-likeness (QED) is 0.607. The lowest BCUT2D eigenvalue weighted by atomic mass is 9.80. The van der Waals surface area contributed by atoms with E-state index in [1.807, 2.05) is 20.8 Å². The van der Waals surface area contributed by atoms with Crippen LogP contribution in [-0.4, -0.2) is 51.9 Å². The number of hydrogen-bond donors (Lipinski definition) is 3. The Morgan fingerprint density at radius 3 is 2.61 bits per heavy atom. The van der Waals surface area contributed by atoms with Crippen LogP contribution in [0.3, 0.4) is 0 Å². The van der Waals surface area contributed by atoms with Crippen LogP contribution in [0, 0.1) is 5.41 Å². The predicted molar refractivity (Wildman–Crippen MR) is 108 cm³/mol. The Balaban J connectivity index is 1.98. The summed E-state index contributed by atoms with van der Waals surface area (Å²) in [4.78, 5) is 32.3. The normalized spacial score (nSPS) is 21.8. The lowest BCUT2D eigenvalue weighted by molar-refractivity contribution is -0.186. The molecule has 0 bridgehead atoms. The van der Waals surface area contributed by atoms with Gasteiger partial charge in [-0.2, -0.15) is 0 Å². The molecular formula is C18H26Cl2N4O4. The molecular weight excluding hydrogens is 407 g/mol. The van der Waals surface area contributed by atoms with Gasteiger partial charge in [0, 0.05) is 12.6 Å². The highest BCUT2D eigenvalue weighted by molar-refractivity contribution is 6.34. The molecule has 0 radical (unpaired) electrons. The Morgan fingerprint density at radius 1 is 1.36 bits per heavy atom. The average Bonchev–Trinajstić information content (AvgIpc) is 2.57. The zero-order valence-electron chi connectivity index (χ0n) is 16.3. The number of carboxylic acid groups (broad SMARTS) is 1. The smallest absolute Gasteiger partial charge is 0.448 e. The first-order chi connectivity index (χ1) is 13.0. The van der Waals surface area contributed by atoms with Crippen LogP contribution in [0.15, 0.2) is 12.1 Å². The van der Waals surface area contributed by atoms with Crippen LogP contribution >= 0.6 is 23.2 Å². The summed E-state index contributed by atoms with van der Waals surface area (Å²) in [6, 6.07) is 2.59. The van der Waals surface area contributed by atoms with Crippen molar-refractivity contribution in [2.24, 2.45) is 5.41 Å². The molecule has 0 aromatic carbocycles. The summed E-state index contributed by atoms with van der Waals surface area (Å²) in [5, 5.41) is 16.9. The number of piperidine rings is 1. The van der Waals surface area contributed by atoms with Gasteiger partial charge in [0.15, 0.2) is 5.15 Å². The summed E-state index contributed by atoms with van der Waals surface area (Å²) in [7, 11) is 0. The van der Waals surface area contributed by atoms with Crippen LogP contribution in [0.1, 0.15) is 40.5 Å². The van der Waals surface area contributed by atoms with Crippen LogP contribution in [-0.2, 0) is 9.63 Å². The fraction of sp³-hybridized carbons (Fsp3) is 0.611. The number of nitrogens with one attached hydrogen (secondary N) is 2. The molecule has 1 aliphatic rings. The van der Waals surface area contributed by atoms with Crippen LogP contribution in [0.5, 0.6) is 0 Å². The Kier molecular flexibility index (Phi) is 7.50. The van der Waals surface area contributed by atoms with Gasteiger partial charge >= 0.3 is 6.16 Å². The minimum Gasteiger partial charge on any atom is -0.448 e. The third-order valence-electron chi connectivity index (χ3n) is 4.70. The second kappa shape index (κ2) is 9.26. The monoisotopic (exact) mass is 432 g/mol. The summed E-state index contributed by atoms with van der Waals surface area (Å²) in [5.41, 5.74) is 0.200. The standard InChI is InChI=1S/C18H26Cl2N4O4/c1-10(16(25)22-12-5-6-14(19)23-15(12)20)21-11-7-8-24(28-17(26)27)13(9-11)18(2,3)4/h5-6,10-11,13,21H,7-9H2,1-4H3,(H,22,25)(H,26,27)/t10-,11?,13?/m1/s1. The second-order valence-electron chi connectivity index (χ2n) is 7.95. The van der Waals surface area contributed by atoms with Crippen LogP contribution in [0.4, 0.5) is 10.5 Å². The van der Waals surface area contributed by atoms with E-state index in [4.69, 9.17) is 33.1 Å². The molecule has 1 amide bonds. The van der Waals surface area contributed by atoms with E-state index < -0.39 is 12.2 Å². The third kappa shape index (κ3) is 6.20. The van der Waals surface area contributed by atoms with Crippen molar-refractivity contribution in [3.05, 3.63) is 22.4 Å². The van der Waals surface area contributed by atoms with Gasteiger partial charge in [-0.05, 0) is 37.3 Å². The van der Waals surface area contributed by atoms with Crippen LogP contribution < -0.4 is 10.6 Å². The molecule has 10 heteroatoms. The molecule has 0 spiro atoms. The number of rotatable bonds is 5. The van der Waals surface area contributed by atoms with Crippen molar-refractivity contribution >= 4 is 41.0 Å². The summed E-state index contributed by atoms with van der Waals surface area (Å²) in [6.07, 6.45) is -0.0138. The van der Waals surface area contributed by atoms with Gasteiger partial charge in [-0.3, -0.25) is 4.79 Å². The first-order valence-corrected chi connectivity index (χ1v) is 9.79. The lowest BCUT2D eigenvalue weighted by Crippen LogP contribution is -2.56. The molecule has 2 rings (SSSR count). The van der Waals surface area contributed by atoms with E-state index in [2.05, 4.69) is 15.6 Å². The van der Waals surface area contributed by atoms with Crippen molar-refractivity contribution < 1.29 is 19.5 Å². The third-order valence-corrected chi connectivity index (χ3v) is 5.20. The number of hydrogen-bond acceptors (Lipinski definition) is 6. The Morgan fingerprint density at radius 2 is 2.04 bits per heavy atom. The van der Waals surface area contributed by atoms with Gasteiger partial charge in [-0.15, -0.1) is 5.06 Å². The molecule has 1 fully saturated rings. The fourth-order valence-corrected chi connectivity index (χ4v) is 3.66. The lowest BCUT2D eigenvalue weighted by Gasteiger charge is -2.44. The van der Waals surface area contributed by atoms with E-state index >= 15 is 0 Å². The van der Waals surface area contributed by atoms with Gasteiger partial charge in [0.1, 0.15) is 5.15 Å². The van der Waals surface area contributed by atoms with E-state index in [1.165, 1.54) is 5.06 Å². The number of pyridine rings is 1. The Labute approximate surface area is 174 Å². The molecule has 156 valence electrons. The molecule has 28 heavy (non-hydrogen) atoms. The van der Waals surface area contributed by atoms with Gasteiger partial charge in [-0.1, -0.05) is 44.0 Å². The van der Waals surface area contributed by atoms with E-state index in [1.54, 1.807) is 19.1 Å². The van der Waals surface area contributed by atoms with Crippen molar-refractivity contribution in [1.29, 1.82) is 0 Å². The highest BCUT2D eigenvalue weighted by Crippen LogP contribution is 2.32. The van der Waals surface area contributed by atoms with Crippen molar-refractivity contribution in [2.45, 2.75) is 58.7 Å². The van der Waals surface area contributed by atoms with E-state index in [-0.39, 0.29) is 33.7 Å². The van der Waals surface area contributed by atoms with E-state index in [0.29, 0.717) is 25.1 Å². The zero-order valence-corrected chi connectivity index (χ0v) is 17.8. The molecule has 1 saturated heterocycles. The summed E-state index contributed by atoms with van der Waals surface area (Å²) in [5.74, 6) is -0.248. The summed E-state index contributed by atoms with van der Waals surface area (Å²) in [6.45, 7) is 8.31. The van der Waals surface area contributed by atoms with Crippen LogP contribution in [0.2, 0.25) is 10.3 Å². The van der Waals surface area contributed by atoms with Crippen molar-refractivity contribution in [2.75, 3.05) is 11.9 Å². The number of nitrogens with zero attached hydrogens (tertiary/aromatic N) is 2. The molecule has 3 atom stereocenters. The van der Waals surface area contributed by atoms with E-state index in [9.17, 15) is 9.59 Å². The van der Waals surface area contributed by atoms with Gasteiger partial charge in [-0.25, -0.2) is 9.78 Å².